The molecule has 0 aromatic rings. The molecule has 10 heavy (non-hydrogen) atoms. The van der Waals surface area contributed by atoms with Crippen molar-refractivity contribution in [1.82, 2.24) is 0 Å². The summed E-state index contributed by atoms with van der Waals surface area (Å²) in [6.07, 6.45) is 0.894. The molecule has 0 atom stereocenters. The van der Waals surface area contributed by atoms with Crippen LogP contribution in [0.15, 0.2) is 0 Å². The van der Waals surface area contributed by atoms with E-state index >= 15 is 0 Å². The van der Waals surface area contributed by atoms with Crippen molar-refractivity contribution in [3.05, 3.63) is 0 Å². The van der Waals surface area contributed by atoms with Gasteiger partial charge in [-0.15, -0.1) is 0 Å². The van der Waals surface area contributed by atoms with Crippen LogP contribution in [0.2, 0.25) is 6.04 Å². The highest BCUT2D eigenvalue weighted by Gasteiger charge is 2.04. The van der Waals surface area contributed by atoms with Crippen molar-refractivity contribution in [2.45, 2.75) is 32.6 Å². The molecule has 3 heteroatoms. The lowest BCUT2D eigenvalue weighted by atomic mass is 10.4. The van der Waals surface area contributed by atoms with E-state index in [-0.39, 0.29) is 6.29 Å². The third-order valence-corrected chi connectivity index (χ3v) is 1.37. The predicted molar refractivity (Wildman–Crippen MR) is 42.2 cm³/mol. The number of hydrogen-bond acceptors (Lipinski definition) is 2. The minimum absolute atomic E-state index is 0.0208. The van der Waals surface area contributed by atoms with Crippen LogP contribution in [-0.4, -0.2) is 29.7 Å². The van der Waals surface area contributed by atoms with Crippen LogP contribution in [0.5, 0.6) is 0 Å². The smallest absolute Gasteiger partial charge is 0.157 e. The highest BCUT2D eigenvalue weighted by molar-refractivity contribution is 6.08. The molecule has 59 valence electrons. The molecule has 0 spiro atoms. The Kier molecular flexibility index (Phi) is 7.35. The molecule has 0 saturated carbocycles. The molecule has 0 fully saturated rings. The molecule has 0 bridgehead atoms. The van der Waals surface area contributed by atoms with E-state index in [0.717, 1.165) is 25.7 Å². The highest BCUT2D eigenvalue weighted by atomic mass is 28.1. The average molecular weight is 159 g/mol. The Labute approximate surface area is 66.3 Å². The van der Waals surface area contributed by atoms with Crippen molar-refractivity contribution in [2.75, 3.05) is 13.2 Å². The second-order valence-corrected chi connectivity index (χ2v) is 2.38. The summed E-state index contributed by atoms with van der Waals surface area (Å²) < 4.78 is 10.5. The van der Waals surface area contributed by atoms with Crippen LogP contribution >= 0.6 is 0 Å². The van der Waals surface area contributed by atoms with Crippen molar-refractivity contribution in [1.29, 1.82) is 0 Å². The Balaban J connectivity index is 3.30. The SMILES string of the molecule is CCOC(CC[Si])OCC. The first-order valence-corrected chi connectivity index (χ1v) is 4.43. The van der Waals surface area contributed by atoms with Gasteiger partial charge < -0.3 is 9.47 Å². The predicted octanol–water partition coefficient (Wildman–Crippen LogP) is 1.36. The van der Waals surface area contributed by atoms with Gasteiger partial charge in [-0.05, 0) is 20.3 Å². The maximum absolute atomic E-state index is 5.27. The van der Waals surface area contributed by atoms with Gasteiger partial charge in [-0.1, -0.05) is 6.04 Å². The molecule has 0 N–H and O–H groups in total. The topological polar surface area (TPSA) is 18.5 Å². The van der Waals surface area contributed by atoms with Gasteiger partial charge in [-0.2, -0.15) is 0 Å². The van der Waals surface area contributed by atoms with Gasteiger partial charge in [0.25, 0.3) is 0 Å². The monoisotopic (exact) mass is 159 g/mol. The van der Waals surface area contributed by atoms with Crippen LogP contribution in [-0.2, 0) is 9.47 Å². The second kappa shape index (κ2) is 7.25. The first kappa shape index (κ1) is 10.1. The van der Waals surface area contributed by atoms with Crippen molar-refractivity contribution in [3.8, 4) is 0 Å². The van der Waals surface area contributed by atoms with E-state index in [1.807, 2.05) is 13.8 Å². The maximum atomic E-state index is 5.27. The Bertz CT molecular complexity index is 54.4. The van der Waals surface area contributed by atoms with E-state index in [2.05, 4.69) is 10.2 Å². The van der Waals surface area contributed by atoms with E-state index in [9.17, 15) is 0 Å². The Hall–Kier alpha value is 0.137. The van der Waals surface area contributed by atoms with Crippen LogP contribution in [0.3, 0.4) is 0 Å². The standard InChI is InChI=1S/C7H15O2Si/c1-3-8-7(5-6-10)9-4-2/h7H,3-6H2,1-2H3. The molecular formula is C7H15O2Si. The van der Waals surface area contributed by atoms with E-state index < -0.39 is 0 Å². The van der Waals surface area contributed by atoms with Crippen molar-refractivity contribution >= 4 is 10.2 Å². The summed E-state index contributed by atoms with van der Waals surface area (Å²) in [6.45, 7) is 5.38. The van der Waals surface area contributed by atoms with Crippen LogP contribution in [0, 0.1) is 0 Å². The summed E-state index contributed by atoms with van der Waals surface area (Å²) >= 11 is 0. The molecule has 0 rings (SSSR count). The zero-order chi connectivity index (χ0) is 7.82. The number of rotatable bonds is 6. The van der Waals surface area contributed by atoms with Crippen molar-refractivity contribution in [3.63, 3.8) is 0 Å². The summed E-state index contributed by atoms with van der Waals surface area (Å²) in [5, 5.41) is 0. The van der Waals surface area contributed by atoms with Gasteiger partial charge in [-0.3, -0.25) is 0 Å². The summed E-state index contributed by atoms with van der Waals surface area (Å²) in [5.41, 5.74) is 0. The number of hydrogen-bond donors (Lipinski definition) is 0. The second-order valence-electron chi connectivity index (χ2n) is 1.88. The van der Waals surface area contributed by atoms with Gasteiger partial charge in [-0.25, -0.2) is 0 Å². The fourth-order valence-corrected chi connectivity index (χ4v) is 0.940. The zero-order valence-corrected chi connectivity index (χ0v) is 7.72. The summed E-state index contributed by atoms with van der Waals surface area (Å²) in [4.78, 5) is 0. The molecule has 0 amide bonds. The maximum Gasteiger partial charge on any atom is 0.157 e. The summed E-state index contributed by atoms with van der Waals surface area (Å²) in [7, 11) is 3.37. The molecule has 2 nitrogen and oxygen atoms in total. The third kappa shape index (κ3) is 4.96. The molecule has 3 radical (unpaired) electrons. The molecule has 0 aliphatic rings. The molecule has 0 aliphatic carbocycles. The fraction of sp³-hybridized carbons (Fsp3) is 1.00. The van der Waals surface area contributed by atoms with Crippen LogP contribution in [0.1, 0.15) is 20.3 Å². The Morgan fingerprint density at radius 1 is 1.20 bits per heavy atom. The lowest BCUT2D eigenvalue weighted by molar-refractivity contribution is -0.136. The molecule has 0 aromatic carbocycles. The van der Waals surface area contributed by atoms with Gasteiger partial charge in [0, 0.05) is 23.5 Å². The van der Waals surface area contributed by atoms with Gasteiger partial charge in [0.05, 0.1) is 0 Å². The lowest BCUT2D eigenvalue weighted by Crippen LogP contribution is -2.16. The average Bonchev–Trinajstić information content (AvgIpc) is 1.90. The quantitative estimate of drug-likeness (QED) is 0.430. The molecule has 0 saturated heterocycles. The Morgan fingerprint density at radius 3 is 2.00 bits per heavy atom. The summed E-state index contributed by atoms with van der Waals surface area (Å²) in [6, 6.07) is 0.921. The highest BCUT2D eigenvalue weighted by Crippen LogP contribution is 2.02. The fourth-order valence-electron chi connectivity index (χ4n) is 0.704. The Morgan fingerprint density at radius 2 is 1.70 bits per heavy atom. The number of ether oxygens (including phenoxy) is 2. The molecule has 0 heterocycles. The third-order valence-electron chi connectivity index (χ3n) is 1.09. The zero-order valence-electron chi connectivity index (χ0n) is 6.72. The van der Waals surface area contributed by atoms with Crippen LogP contribution in [0.4, 0.5) is 0 Å². The van der Waals surface area contributed by atoms with E-state index in [1.54, 1.807) is 0 Å². The van der Waals surface area contributed by atoms with Gasteiger partial charge in [0.2, 0.25) is 0 Å². The van der Waals surface area contributed by atoms with Crippen molar-refractivity contribution < 1.29 is 9.47 Å². The molecule has 0 aromatic heterocycles. The van der Waals surface area contributed by atoms with Crippen LogP contribution in [0.25, 0.3) is 0 Å². The minimum Gasteiger partial charge on any atom is -0.353 e. The molecule has 0 unspecified atom stereocenters. The largest absolute Gasteiger partial charge is 0.353 e. The molecule has 0 aliphatic heterocycles. The van der Waals surface area contributed by atoms with Gasteiger partial charge in [0.1, 0.15) is 0 Å². The first-order chi connectivity index (χ1) is 4.85. The van der Waals surface area contributed by atoms with Gasteiger partial charge >= 0.3 is 0 Å². The van der Waals surface area contributed by atoms with E-state index in [1.165, 1.54) is 0 Å². The van der Waals surface area contributed by atoms with E-state index in [0.29, 0.717) is 0 Å². The molecular weight excluding hydrogens is 144 g/mol. The lowest BCUT2D eigenvalue weighted by Gasteiger charge is -2.15. The summed E-state index contributed by atoms with van der Waals surface area (Å²) in [5.74, 6) is 0. The van der Waals surface area contributed by atoms with E-state index in [4.69, 9.17) is 9.47 Å². The van der Waals surface area contributed by atoms with Gasteiger partial charge in [0.15, 0.2) is 6.29 Å². The normalized spacial score (nSPS) is 10.8. The van der Waals surface area contributed by atoms with Crippen molar-refractivity contribution in [2.24, 2.45) is 0 Å². The minimum atomic E-state index is -0.0208. The van der Waals surface area contributed by atoms with Crippen LogP contribution < -0.4 is 0 Å². The first-order valence-electron chi connectivity index (χ1n) is 3.72.